The predicted octanol–water partition coefficient (Wildman–Crippen LogP) is -2.71. The monoisotopic (exact) mass is 138 g/mol. The maximum atomic E-state index is 4.68. The molecule has 8 heavy (non-hydrogen) atoms. The summed E-state index contributed by atoms with van der Waals surface area (Å²) in [5.41, 5.74) is 0. The minimum absolute atomic E-state index is 0. The summed E-state index contributed by atoms with van der Waals surface area (Å²) >= 11 is 4.49. The fourth-order valence-electron chi connectivity index (χ4n) is 0.278. The van der Waals surface area contributed by atoms with E-state index in [-0.39, 0.29) is 34.8 Å². The Bertz CT molecular complexity index is 150. The molecule has 0 radical (unpaired) electrons. The van der Waals surface area contributed by atoms with Gasteiger partial charge in [0, 0.05) is 6.92 Å². The van der Waals surface area contributed by atoms with Crippen molar-refractivity contribution in [1.29, 1.82) is 0 Å². The Kier molecular flexibility index (Phi) is 3.55. The molecule has 5 heteroatoms. The van der Waals surface area contributed by atoms with Gasteiger partial charge in [-0.25, -0.2) is 0 Å². The Hall–Kier alpha value is 0.360. The summed E-state index contributed by atoms with van der Waals surface area (Å²) < 4.78 is 4.68. The second kappa shape index (κ2) is 3.40. The first kappa shape index (κ1) is 8.36. The zero-order valence-electron chi connectivity index (χ0n) is 4.71. The molecule has 0 aliphatic heterocycles. The number of nitrogens with zero attached hydrogens (tertiary/aromatic N) is 2. The molecular formula is C3H3N2NaOS. The van der Waals surface area contributed by atoms with Gasteiger partial charge in [-0.2, -0.15) is 0 Å². The number of aromatic nitrogens is 2. The summed E-state index contributed by atoms with van der Waals surface area (Å²) in [6, 6.07) is 0. The van der Waals surface area contributed by atoms with E-state index in [9.17, 15) is 0 Å². The van der Waals surface area contributed by atoms with Crippen molar-refractivity contribution in [3.63, 3.8) is 0 Å². The zero-order valence-corrected chi connectivity index (χ0v) is 7.53. The van der Waals surface area contributed by atoms with Crippen LogP contribution in [0.15, 0.2) is 9.64 Å². The summed E-state index contributed by atoms with van der Waals surface area (Å²) in [5.74, 6) is 0.519. The molecule has 0 spiro atoms. The Labute approximate surface area is 74.6 Å². The number of rotatable bonds is 0. The predicted molar refractivity (Wildman–Crippen MR) is 24.7 cm³/mol. The molecule has 0 saturated heterocycles. The van der Waals surface area contributed by atoms with Crippen LogP contribution in [0.1, 0.15) is 5.89 Å². The first-order valence-corrected chi connectivity index (χ1v) is 2.17. The van der Waals surface area contributed by atoms with Gasteiger partial charge in [0.05, 0.1) is 5.22 Å². The third kappa shape index (κ3) is 2.09. The minimum Gasteiger partial charge on any atom is -0.719 e. The second-order valence-electron chi connectivity index (χ2n) is 1.09. The number of hydrogen-bond acceptors (Lipinski definition) is 4. The fourth-order valence-corrected chi connectivity index (χ4v) is 0.440. The van der Waals surface area contributed by atoms with Gasteiger partial charge in [0.25, 0.3) is 0 Å². The molecule has 0 aromatic carbocycles. The molecule has 0 aliphatic carbocycles. The van der Waals surface area contributed by atoms with Crippen molar-refractivity contribution in [1.82, 2.24) is 10.2 Å². The van der Waals surface area contributed by atoms with E-state index in [0.29, 0.717) is 5.89 Å². The van der Waals surface area contributed by atoms with Crippen LogP contribution in [-0.2, 0) is 12.6 Å². The molecule has 0 saturated carbocycles. The SMILES string of the molecule is Cc1nnc([S-])o1.[Na+]. The van der Waals surface area contributed by atoms with Gasteiger partial charge >= 0.3 is 29.6 Å². The van der Waals surface area contributed by atoms with Crippen molar-refractivity contribution in [3.05, 3.63) is 5.89 Å². The van der Waals surface area contributed by atoms with Crippen LogP contribution in [0.5, 0.6) is 0 Å². The molecule has 0 unspecified atom stereocenters. The van der Waals surface area contributed by atoms with E-state index < -0.39 is 0 Å². The average Bonchev–Trinajstić information content (AvgIpc) is 1.87. The van der Waals surface area contributed by atoms with Gasteiger partial charge in [-0.1, -0.05) is 0 Å². The largest absolute Gasteiger partial charge is 1.00 e. The minimum atomic E-state index is 0. The Morgan fingerprint density at radius 1 is 1.50 bits per heavy atom. The molecular weight excluding hydrogens is 135 g/mol. The molecule has 0 amide bonds. The standard InChI is InChI=1S/C3H4N2OS.Na/c1-2-4-5-3(7)6-2;/h1H3,(H,5,7);/q;+1/p-1. The Morgan fingerprint density at radius 2 is 2.12 bits per heavy atom. The van der Waals surface area contributed by atoms with E-state index in [2.05, 4.69) is 27.2 Å². The first-order chi connectivity index (χ1) is 3.29. The summed E-state index contributed by atoms with van der Waals surface area (Å²) in [4.78, 5) is 0. The van der Waals surface area contributed by atoms with Gasteiger partial charge in [-0.15, -0.1) is 10.2 Å². The Morgan fingerprint density at radius 3 is 2.25 bits per heavy atom. The zero-order chi connectivity index (χ0) is 5.28. The first-order valence-electron chi connectivity index (χ1n) is 1.76. The molecule has 1 rings (SSSR count). The molecule has 38 valence electrons. The van der Waals surface area contributed by atoms with E-state index in [1.165, 1.54) is 0 Å². The molecule has 1 aromatic rings. The maximum absolute atomic E-state index is 4.68. The van der Waals surface area contributed by atoms with E-state index in [1.54, 1.807) is 6.92 Å². The number of hydrogen-bond donors (Lipinski definition) is 0. The van der Waals surface area contributed by atoms with E-state index in [4.69, 9.17) is 0 Å². The van der Waals surface area contributed by atoms with Crippen molar-refractivity contribution >= 4 is 12.6 Å². The normalized spacial score (nSPS) is 8.12. The third-order valence-corrected chi connectivity index (χ3v) is 0.672. The van der Waals surface area contributed by atoms with Crippen LogP contribution in [0, 0.1) is 6.92 Å². The van der Waals surface area contributed by atoms with Crippen LogP contribution in [0.3, 0.4) is 0 Å². The molecule has 0 N–H and O–H groups in total. The van der Waals surface area contributed by atoms with E-state index in [1.807, 2.05) is 0 Å². The van der Waals surface area contributed by atoms with Crippen LogP contribution < -0.4 is 29.6 Å². The van der Waals surface area contributed by atoms with Gasteiger partial charge in [-0.3, -0.25) is 0 Å². The van der Waals surface area contributed by atoms with Crippen molar-refractivity contribution < 1.29 is 34.0 Å². The molecule has 0 bridgehead atoms. The summed E-state index contributed by atoms with van der Waals surface area (Å²) in [6.07, 6.45) is 0. The summed E-state index contributed by atoms with van der Waals surface area (Å²) in [5, 5.41) is 7.12. The van der Waals surface area contributed by atoms with Gasteiger partial charge in [-0.05, 0) is 0 Å². The molecule has 1 aromatic heterocycles. The van der Waals surface area contributed by atoms with Crippen molar-refractivity contribution in [3.8, 4) is 0 Å². The van der Waals surface area contributed by atoms with Crippen molar-refractivity contribution in [2.45, 2.75) is 12.1 Å². The van der Waals surface area contributed by atoms with E-state index in [0.717, 1.165) is 0 Å². The molecule has 0 fully saturated rings. The van der Waals surface area contributed by atoms with Crippen molar-refractivity contribution in [2.24, 2.45) is 0 Å². The molecule has 3 nitrogen and oxygen atoms in total. The smallest absolute Gasteiger partial charge is 0.719 e. The average molecular weight is 138 g/mol. The van der Waals surface area contributed by atoms with Gasteiger partial charge in [0.15, 0.2) is 0 Å². The van der Waals surface area contributed by atoms with Gasteiger partial charge in [0.2, 0.25) is 5.89 Å². The summed E-state index contributed by atoms with van der Waals surface area (Å²) in [7, 11) is 0. The van der Waals surface area contributed by atoms with Crippen LogP contribution >= 0.6 is 0 Å². The van der Waals surface area contributed by atoms with Crippen molar-refractivity contribution in [2.75, 3.05) is 0 Å². The maximum Gasteiger partial charge on any atom is 1.00 e. The van der Waals surface area contributed by atoms with Gasteiger partial charge in [0.1, 0.15) is 0 Å². The number of aryl methyl sites for hydroxylation is 1. The van der Waals surface area contributed by atoms with Crippen LogP contribution in [-0.4, -0.2) is 10.2 Å². The second-order valence-corrected chi connectivity index (χ2v) is 1.44. The topological polar surface area (TPSA) is 38.9 Å². The Balaban J connectivity index is 0.000000490. The fraction of sp³-hybridized carbons (Fsp3) is 0.333. The van der Waals surface area contributed by atoms with Crippen LogP contribution in [0.25, 0.3) is 0 Å². The summed E-state index contributed by atoms with van der Waals surface area (Å²) in [6.45, 7) is 1.70. The molecule has 0 aliphatic rings. The third-order valence-electron chi connectivity index (χ3n) is 0.507. The van der Waals surface area contributed by atoms with Crippen LogP contribution in [0.2, 0.25) is 0 Å². The van der Waals surface area contributed by atoms with E-state index >= 15 is 0 Å². The van der Waals surface area contributed by atoms with Gasteiger partial charge < -0.3 is 17.0 Å². The van der Waals surface area contributed by atoms with Crippen LogP contribution in [0.4, 0.5) is 0 Å². The quantitative estimate of drug-likeness (QED) is 0.288. The molecule has 1 heterocycles. The molecule has 0 atom stereocenters.